The minimum atomic E-state index is 0.719. The molecule has 0 aliphatic carbocycles. The molecule has 0 bridgehead atoms. The fraction of sp³-hybridized carbons (Fsp3) is 0.667. The van der Waals surface area contributed by atoms with Crippen molar-refractivity contribution >= 4 is 0 Å². The Morgan fingerprint density at radius 3 is 2.42 bits per heavy atom. The normalized spacial score (nSPS) is 12.6. The lowest BCUT2D eigenvalue weighted by Gasteiger charge is -2.17. The second-order valence-corrected chi connectivity index (χ2v) is 5.75. The molecular formula is C18H31N. The van der Waals surface area contributed by atoms with Crippen molar-refractivity contribution in [2.45, 2.75) is 72.3 Å². The van der Waals surface area contributed by atoms with E-state index < -0.39 is 0 Å². The van der Waals surface area contributed by atoms with Crippen molar-refractivity contribution in [3.8, 4) is 0 Å². The van der Waals surface area contributed by atoms with Gasteiger partial charge in [-0.05, 0) is 69.2 Å². The van der Waals surface area contributed by atoms with Gasteiger partial charge in [0, 0.05) is 6.04 Å². The first-order chi connectivity index (χ1) is 9.17. The maximum Gasteiger partial charge on any atom is 0.00670 e. The van der Waals surface area contributed by atoms with E-state index in [-0.39, 0.29) is 0 Å². The van der Waals surface area contributed by atoms with Crippen LogP contribution in [0.3, 0.4) is 0 Å². The van der Waals surface area contributed by atoms with Gasteiger partial charge in [-0.2, -0.15) is 0 Å². The number of rotatable bonds is 9. The Hall–Kier alpha value is -0.820. The predicted molar refractivity (Wildman–Crippen MR) is 85.8 cm³/mol. The van der Waals surface area contributed by atoms with Gasteiger partial charge in [0.25, 0.3) is 0 Å². The molecule has 108 valence electrons. The first-order valence-corrected chi connectivity index (χ1v) is 7.96. The molecule has 0 amide bonds. The summed E-state index contributed by atoms with van der Waals surface area (Å²) in [6.07, 6.45) is 7.65. The summed E-state index contributed by atoms with van der Waals surface area (Å²) in [7, 11) is 0. The standard InChI is InChI=1S/C18H31N/c1-5-8-18(19-13-6-2)10-7-9-17-12-11-15(3)16(4)14-17/h11-12,14,18-19H,5-10,13H2,1-4H3. The Bertz CT molecular complexity index is 357. The fourth-order valence-electron chi connectivity index (χ4n) is 2.56. The van der Waals surface area contributed by atoms with Crippen molar-refractivity contribution in [2.24, 2.45) is 0 Å². The Labute approximate surface area is 119 Å². The summed E-state index contributed by atoms with van der Waals surface area (Å²) in [5, 5.41) is 3.68. The Balaban J connectivity index is 2.35. The molecule has 1 unspecified atom stereocenters. The molecule has 1 aromatic rings. The molecule has 0 saturated heterocycles. The summed E-state index contributed by atoms with van der Waals surface area (Å²) in [4.78, 5) is 0. The van der Waals surface area contributed by atoms with E-state index in [0.29, 0.717) is 0 Å². The zero-order chi connectivity index (χ0) is 14.1. The van der Waals surface area contributed by atoms with Crippen LogP contribution in [0.4, 0.5) is 0 Å². The molecule has 0 spiro atoms. The van der Waals surface area contributed by atoms with E-state index in [1.807, 2.05) is 0 Å². The van der Waals surface area contributed by atoms with E-state index in [1.54, 1.807) is 0 Å². The molecule has 1 nitrogen and oxygen atoms in total. The molecular weight excluding hydrogens is 230 g/mol. The van der Waals surface area contributed by atoms with E-state index in [1.165, 1.54) is 55.2 Å². The summed E-state index contributed by atoms with van der Waals surface area (Å²) in [6.45, 7) is 10.1. The van der Waals surface area contributed by atoms with Crippen molar-refractivity contribution in [3.63, 3.8) is 0 Å². The first kappa shape index (κ1) is 16.2. The molecule has 0 fully saturated rings. The lowest BCUT2D eigenvalue weighted by Crippen LogP contribution is -2.29. The van der Waals surface area contributed by atoms with Crippen LogP contribution in [0.1, 0.15) is 62.6 Å². The van der Waals surface area contributed by atoms with Gasteiger partial charge in [0.2, 0.25) is 0 Å². The molecule has 1 N–H and O–H groups in total. The molecule has 0 radical (unpaired) electrons. The first-order valence-electron chi connectivity index (χ1n) is 7.96. The third kappa shape index (κ3) is 6.24. The second-order valence-electron chi connectivity index (χ2n) is 5.75. The summed E-state index contributed by atoms with van der Waals surface area (Å²) in [6, 6.07) is 7.61. The van der Waals surface area contributed by atoms with Crippen molar-refractivity contribution in [1.82, 2.24) is 5.32 Å². The zero-order valence-corrected chi connectivity index (χ0v) is 13.3. The van der Waals surface area contributed by atoms with Crippen LogP contribution in [-0.4, -0.2) is 12.6 Å². The molecule has 1 atom stereocenters. The summed E-state index contributed by atoms with van der Waals surface area (Å²) >= 11 is 0. The minimum Gasteiger partial charge on any atom is -0.314 e. The van der Waals surface area contributed by atoms with Gasteiger partial charge in [-0.15, -0.1) is 0 Å². The van der Waals surface area contributed by atoms with Crippen molar-refractivity contribution in [2.75, 3.05) is 6.54 Å². The van der Waals surface area contributed by atoms with Crippen LogP contribution in [0.15, 0.2) is 18.2 Å². The van der Waals surface area contributed by atoms with E-state index >= 15 is 0 Å². The van der Waals surface area contributed by atoms with E-state index in [0.717, 1.165) is 12.6 Å². The molecule has 0 aromatic heterocycles. The second kappa shape index (κ2) is 9.14. The molecule has 1 rings (SSSR count). The molecule has 0 saturated carbocycles. The van der Waals surface area contributed by atoms with Crippen LogP contribution in [0.2, 0.25) is 0 Å². The van der Waals surface area contributed by atoms with Gasteiger partial charge in [-0.25, -0.2) is 0 Å². The van der Waals surface area contributed by atoms with Gasteiger partial charge in [-0.3, -0.25) is 0 Å². The zero-order valence-electron chi connectivity index (χ0n) is 13.3. The number of benzene rings is 1. The lowest BCUT2D eigenvalue weighted by molar-refractivity contribution is 0.438. The summed E-state index contributed by atoms with van der Waals surface area (Å²) < 4.78 is 0. The highest BCUT2D eigenvalue weighted by Gasteiger charge is 2.06. The Kier molecular flexibility index (Phi) is 7.81. The van der Waals surface area contributed by atoms with Crippen LogP contribution in [0, 0.1) is 13.8 Å². The number of hydrogen-bond donors (Lipinski definition) is 1. The smallest absolute Gasteiger partial charge is 0.00670 e. The average molecular weight is 261 g/mol. The number of hydrogen-bond acceptors (Lipinski definition) is 1. The van der Waals surface area contributed by atoms with Gasteiger partial charge in [-0.1, -0.05) is 38.5 Å². The summed E-state index contributed by atoms with van der Waals surface area (Å²) in [5.41, 5.74) is 4.32. The van der Waals surface area contributed by atoms with Gasteiger partial charge in [0.1, 0.15) is 0 Å². The lowest BCUT2D eigenvalue weighted by atomic mass is 9.99. The highest BCUT2D eigenvalue weighted by atomic mass is 14.9. The molecule has 0 aliphatic heterocycles. The average Bonchev–Trinajstić information content (AvgIpc) is 2.40. The Morgan fingerprint density at radius 2 is 1.79 bits per heavy atom. The van der Waals surface area contributed by atoms with Gasteiger partial charge in [0.15, 0.2) is 0 Å². The van der Waals surface area contributed by atoms with Crippen LogP contribution in [0.5, 0.6) is 0 Å². The molecule has 0 heterocycles. The van der Waals surface area contributed by atoms with E-state index in [4.69, 9.17) is 0 Å². The minimum absolute atomic E-state index is 0.719. The maximum atomic E-state index is 3.68. The maximum absolute atomic E-state index is 3.68. The molecule has 0 aliphatic rings. The van der Waals surface area contributed by atoms with Crippen LogP contribution < -0.4 is 5.32 Å². The van der Waals surface area contributed by atoms with Gasteiger partial charge >= 0.3 is 0 Å². The van der Waals surface area contributed by atoms with Crippen LogP contribution in [-0.2, 0) is 6.42 Å². The quantitative estimate of drug-likeness (QED) is 0.673. The van der Waals surface area contributed by atoms with Crippen LogP contribution >= 0.6 is 0 Å². The number of aryl methyl sites for hydroxylation is 3. The number of nitrogens with one attached hydrogen (secondary N) is 1. The Morgan fingerprint density at radius 1 is 1.00 bits per heavy atom. The molecule has 1 aromatic carbocycles. The highest BCUT2D eigenvalue weighted by molar-refractivity contribution is 5.29. The highest BCUT2D eigenvalue weighted by Crippen LogP contribution is 2.14. The molecule has 1 heteroatoms. The van der Waals surface area contributed by atoms with Gasteiger partial charge in [0.05, 0.1) is 0 Å². The third-order valence-electron chi connectivity index (χ3n) is 3.91. The third-order valence-corrected chi connectivity index (χ3v) is 3.91. The largest absolute Gasteiger partial charge is 0.314 e. The van der Waals surface area contributed by atoms with Crippen molar-refractivity contribution in [1.29, 1.82) is 0 Å². The molecule has 19 heavy (non-hydrogen) atoms. The topological polar surface area (TPSA) is 12.0 Å². The predicted octanol–water partition coefficient (Wildman–Crippen LogP) is 4.79. The van der Waals surface area contributed by atoms with E-state index in [2.05, 4.69) is 51.2 Å². The van der Waals surface area contributed by atoms with Crippen molar-refractivity contribution in [3.05, 3.63) is 34.9 Å². The monoisotopic (exact) mass is 261 g/mol. The summed E-state index contributed by atoms with van der Waals surface area (Å²) in [5.74, 6) is 0. The SMILES string of the molecule is CCCNC(CCC)CCCc1ccc(C)c(C)c1. The fourth-order valence-corrected chi connectivity index (χ4v) is 2.56. The van der Waals surface area contributed by atoms with Crippen LogP contribution in [0.25, 0.3) is 0 Å². The van der Waals surface area contributed by atoms with Crippen molar-refractivity contribution < 1.29 is 0 Å². The van der Waals surface area contributed by atoms with E-state index in [9.17, 15) is 0 Å². The van der Waals surface area contributed by atoms with Gasteiger partial charge < -0.3 is 5.32 Å².